The van der Waals surface area contributed by atoms with Gasteiger partial charge in [0.25, 0.3) is 0 Å². The molecule has 2 aromatic rings. The van der Waals surface area contributed by atoms with Crippen molar-refractivity contribution in [1.82, 2.24) is 4.98 Å². The number of H-pyrrole nitrogens is 1. The van der Waals surface area contributed by atoms with E-state index in [0.29, 0.717) is 6.61 Å². The largest absolute Gasteiger partial charge is 0.491 e. The Balaban J connectivity index is 2.25. The summed E-state index contributed by atoms with van der Waals surface area (Å²) in [5.41, 5.74) is 1.06. The van der Waals surface area contributed by atoms with Crippen LogP contribution in [0, 0.1) is 3.95 Å². The normalized spacial score (nSPS) is 10.3. The summed E-state index contributed by atoms with van der Waals surface area (Å²) in [6.45, 7) is 0.333. The molecule has 0 saturated carbocycles. The number of rotatable bonds is 4. The number of aromatic nitrogens is 1. The van der Waals surface area contributed by atoms with Crippen molar-refractivity contribution in [3.8, 4) is 16.2 Å². The first kappa shape index (κ1) is 11.3. The van der Waals surface area contributed by atoms with Gasteiger partial charge in [0, 0.05) is 6.20 Å². The van der Waals surface area contributed by atoms with Crippen molar-refractivity contribution in [2.24, 2.45) is 0 Å². The minimum absolute atomic E-state index is 0.0211. The molecule has 1 aromatic heterocycles. The molecule has 0 aliphatic heterocycles. The highest BCUT2D eigenvalue weighted by Crippen LogP contribution is 2.27. The maximum absolute atomic E-state index is 8.68. The summed E-state index contributed by atoms with van der Waals surface area (Å²) in [7, 11) is 0. The van der Waals surface area contributed by atoms with Gasteiger partial charge in [-0.1, -0.05) is 12.1 Å². The van der Waals surface area contributed by atoms with Crippen molar-refractivity contribution in [1.29, 1.82) is 0 Å². The molecule has 0 amide bonds. The Morgan fingerprint density at radius 3 is 3.00 bits per heavy atom. The van der Waals surface area contributed by atoms with Crippen LogP contribution in [0.25, 0.3) is 10.4 Å². The highest BCUT2D eigenvalue weighted by atomic mass is 32.1. The zero-order chi connectivity index (χ0) is 11.4. The monoisotopic (exact) mass is 253 g/mol. The second kappa shape index (κ2) is 5.25. The lowest BCUT2D eigenvalue weighted by atomic mass is 10.2. The number of aromatic amines is 1. The lowest BCUT2D eigenvalue weighted by molar-refractivity contribution is 0.201. The molecule has 0 spiro atoms. The van der Waals surface area contributed by atoms with Crippen LogP contribution in [0.1, 0.15) is 0 Å². The molecule has 0 atom stereocenters. The van der Waals surface area contributed by atoms with Crippen molar-refractivity contribution in [2.75, 3.05) is 13.2 Å². The minimum Gasteiger partial charge on any atom is -0.491 e. The molecule has 3 nitrogen and oxygen atoms in total. The van der Waals surface area contributed by atoms with E-state index in [1.807, 2.05) is 30.5 Å². The van der Waals surface area contributed by atoms with Crippen LogP contribution in [0.3, 0.4) is 0 Å². The van der Waals surface area contributed by atoms with Gasteiger partial charge in [-0.2, -0.15) is 0 Å². The van der Waals surface area contributed by atoms with Crippen LogP contribution in [0.5, 0.6) is 5.75 Å². The van der Waals surface area contributed by atoms with Crippen LogP contribution < -0.4 is 4.74 Å². The molecule has 16 heavy (non-hydrogen) atoms. The van der Waals surface area contributed by atoms with Gasteiger partial charge in [0.05, 0.1) is 11.5 Å². The zero-order valence-electron chi connectivity index (χ0n) is 8.47. The first-order valence-corrected chi connectivity index (χ1v) is 6.04. The predicted octanol–water partition coefficient (Wildman–Crippen LogP) is 2.84. The summed E-state index contributed by atoms with van der Waals surface area (Å²) in [4.78, 5) is 4.07. The Kier molecular flexibility index (Phi) is 3.71. The van der Waals surface area contributed by atoms with Gasteiger partial charge >= 0.3 is 0 Å². The van der Waals surface area contributed by atoms with Crippen molar-refractivity contribution in [2.45, 2.75) is 0 Å². The van der Waals surface area contributed by atoms with E-state index in [1.54, 1.807) is 0 Å². The Morgan fingerprint density at radius 2 is 2.31 bits per heavy atom. The van der Waals surface area contributed by atoms with Crippen LogP contribution in [0.4, 0.5) is 0 Å². The van der Waals surface area contributed by atoms with Gasteiger partial charge in [0.2, 0.25) is 0 Å². The van der Waals surface area contributed by atoms with Crippen LogP contribution >= 0.6 is 23.6 Å². The van der Waals surface area contributed by atoms with Crippen LogP contribution in [0.2, 0.25) is 0 Å². The van der Waals surface area contributed by atoms with Crippen LogP contribution in [-0.4, -0.2) is 23.3 Å². The summed E-state index contributed by atoms with van der Waals surface area (Å²) in [5.74, 6) is 0.755. The number of benzene rings is 1. The SMILES string of the molecule is OCCOc1cccc(-c2c[nH]c(=S)s2)c1. The van der Waals surface area contributed by atoms with E-state index in [4.69, 9.17) is 22.1 Å². The molecule has 0 bridgehead atoms. The molecule has 0 fully saturated rings. The van der Waals surface area contributed by atoms with E-state index < -0.39 is 0 Å². The summed E-state index contributed by atoms with van der Waals surface area (Å²) in [6, 6.07) is 7.72. The third kappa shape index (κ3) is 2.69. The van der Waals surface area contributed by atoms with Gasteiger partial charge in [-0.05, 0) is 29.9 Å². The molecule has 2 N–H and O–H groups in total. The Labute approximate surface area is 102 Å². The van der Waals surface area contributed by atoms with Crippen molar-refractivity contribution >= 4 is 23.6 Å². The maximum atomic E-state index is 8.68. The van der Waals surface area contributed by atoms with Crippen LogP contribution in [0.15, 0.2) is 30.5 Å². The van der Waals surface area contributed by atoms with E-state index in [2.05, 4.69) is 4.98 Å². The summed E-state index contributed by atoms with van der Waals surface area (Å²) < 4.78 is 6.10. The highest BCUT2D eigenvalue weighted by molar-refractivity contribution is 7.73. The van der Waals surface area contributed by atoms with E-state index in [-0.39, 0.29) is 6.61 Å². The lowest BCUT2D eigenvalue weighted by Gasteiger charge is -2.05. The third-order valence-corrected chi connectivity index (χ3v) is 3.25. The topological polar surface area (TPSA) is 45.2 Å². The third-order valence-electron chi connectivity index (χ3n) is 2.00. The molecular weight excluding hydrogens is 242 g/mol. The summed E-state index contributed by atoms with van der Waals surface area (Å²) >= 11 is 6.56. The Hall–Kier alpha value is -1.17. The fourth-order valence-electron chi connectivity index (χ4n) is 1.33. The number of aliphatic hydroxyl groups is 1. The lowest BCUT2D eigenvalue weighted by Crippen LogP contribution is -2.01. The fraction of sp³-hybridized carbons (Fsp3) is 0.182. The number of thiazole rings is 1. The van der Waals surface area contributed by atoms with E-state index >= 15 is 0 Å². The Bertz CT molecular complexity index is 518. The highest BCUT2D eigenvalue weighted by Gasteiger charge is 2.01. The molecule has 0 unspecified atom stereocenters. The van der Waals surface area contributed by atoms with Crippen LogP contribution in [-0.2, 0) is 0 Å². The second-order valence-electron chi connectivity index (χ2n) is 3.14. The number of nitrogens with one attached hydrogen (secondary N) is 1. The number of aliphatic hydroxyl groups excluding tert-OH is 1. The van der Waals surface area contributed by atoms with Gasteiger partial charge in [0.1, 0.15) is 12.4 Å². The van der Waals surface area contributed by atoms with Gasteiger partial charge in [0.15, 0.2) is 3.95 Å². The van der Waals surface area contributed by atoms with Gasteiger partial charge in [-0.15, -0.1) is 11.3 Å². The quantitative estimate of drug-likeness (QED) is 0.824. The molecule has 2 rings (SSSR count). The van der Waals surface area contributed by atoms with Crippen molar-refractivity contribution < 1.29 is 9.84 Å². The standard InChI is InChI=1S/C11H11NO2S2/c13-4-5-14-9-3-1-2-8(6-9)10-7-12-11(15)16-10/h1-3,6-7,13H,4-5H2,(H,12,15). The molecule has 0 saturated heterocycles. The van der Waals surface area contributed by atoms with E-state index in [1.165, 1.54) is 11.3 Å². The Morgan fingerprint density at radius 1 is 1.44 bits per heavy atom. The average Bonchev–Trinajstić information content (AvgIpc) is 2.74. The van der Waals surface area contributed by atoms with Gasteiger partial charge < -0.3 is 14.8 Å². The second-order valence-corrected chi connectivity index (χ2v) is 4.86. The van der Waals surface area contributed by atoms with Crippen molar-refractivity contribution in [3.05, 3.63) is 34.4 Å². The van der Waals surface area contributed by atoms with Gasteiger partial charge in [-0.25, -0.2) is 0 Å². The average molecular weight is 253 g/mol. The molecule has 0 aliphatic rings. The predicted molar refractivity (Wildman–Crippen MR) is 67.5 cm³/mol. The van der Waals surface area contributed by atoms with Crippen molar-refractivity contribution in [3.63, 3.8) is 0 Å². The minimum atomic E-state index is 0.0211. The molecular formula is C11H11NO2S2. The number of hydrogen-bond donors (Lipinski definition) is 2. The first-order chi connectivity index (χ1) is 7.79. The summed E-state index contributed by atoms with van der Waals surface area (Å²) in [5, 5.41) is 8.68. The number of ether oxygens (including phenoxy) is 1. The van der Waals surface area contributed by atoms with Gasteiger partial charge in [-0.3, -0.25) is 0 Å². The first-order valence-electron chi connectivity index (χ1n) is 4.82. The van der Waals surface area contributed by atoms with E-state index in [9.17, 15) is 0 Å². The number of hydrogen-bond acceptors (Lipinski definition) is 4. The molecule has 0 radical (unpaired) electrons. The zero-order valence-corrected chi connectivity index (χ0v) is 10.1. The molecule has 0 aliphatic carbocycles. The fourth-order valence-corrected chi connectivity index (χ4v) is 2.34. The molecule has 1 heterocycles. The summed E-state index contributed by atoms with van der Waals surface area (Å²) in [6.07, 6.45) is 1.89. The molecule has 5 heteroatoms. The maximum Gasteiger partial charge on any atom is 0.158 e. The smallest absolute Gasteiger partial charge is 0.158 e. The molecule has 1 aromatic carbocycles. The van der Waals surface area contributed by atoms with E-state index in [0.717, 1.165) is 20.1 Å². The molecule has 84 valence electrons.